The second-order valence-electron chi connectivity index (χ2n) is 5.74. The summed E-state index contributed by atoms with van der Waals surface area (Å²) in [5.41, 5.74) is 7.42. The van der Waals surface area contributed by atoms with Gasteiger partial charge in [-0.25, -0.2) is 4.79 Å². The maximum Gasteiger partial charge on any atom is 0.338 e. The van der Waals surface area contributed by atoms with Crippen LogP contribution in [0.3, 0.4) is 0 Å². The van der Waals surface area contributed by atoms with Crippen LogP contribution < -0.4 is 11.1 Å². The van der Waals surface area contributed by atoms with Crippen molar-refractivity contribution in [3.8, 4) is 0 Å². The molecule has 3 rings (SSSR count). The van der Waals surface area contributed by atoms with E-state index < -0.39 is 23.9 Å². The van der Waals surface area contributed by atoms with Gasteiger partial charge in [0.25, 0.3) is 5.91 Å². The Morgan fingerprint density at radius 1 is 0.963 bits per heavy atom. The first kappa shape index (κ1) is 18.0. The van der Waals surface area contributed by atoms with Gasteiger partial charge in [0.2, 0.25) is 5.91 Å². The van der Waals surface area contributed by atoms with Crippen molar-refractivity contribution in [1.29, 1.82) is 0 Å². The van der Waals surface area contributed by atoms with Crippen LogP contribution in [0.5, 0.6) is 0 Å². The lowest BCUT2D eigenvalue weighted by Crippen LogP contribution is -2.30. The Hall–Kier alpha value is -3.81. The van der Waals surface area contributed by atoms with Crippen molar-refractivity contribution in [2.75, 3.05) is 5.32 Å². The summed E-state index contributed by atoms with van der Waals surface area (Å²) in [6, 6.07) is 10.8. The first-order chi connectivity index (χ1) is 12.9. The van der Waals surface area contributed by atoms with Gasteiger partial charge < -0.3 is 15.8 Å². The number of nitrogens with zero attached hydrogens (tertiary/aromatic N) is 2. The number of primary amides is 1. The molecule has 8 heteroatoms. The smallest absolute Gasteiger partial charge is 0.338 e. The Morgan fingerprint density at radius 3 is 2.26 bits per heavy atom. The highest BCUT2D eigenvalue weighted by molar-refractivity contribution is 5.99. The van der Waals surface area contributed by atoms with Crippen LogP contribution in [0, 0.1) is 0 Å². The van der Waals surface area contributed by atoms with Gasteiger partial charge in [0.05, 0.1) is 16.6 Å². The fourth-order valence-corrected chi connectivity index (χ4v) is 2.33. The van der Waals surface area contributed by atoms with Gasteiger partial charge in [-0.15, -0.1) is 0 Å². The lowest BCUT2D eigenvalue weighted by molar-refractivity contribution is -0.123. The monoisotopic (exact) mass is 364 g/mol. The third-order valence-corrected chi connectivity index (χ3v) is 3.80. The molecule has 27 heavy (non-hydrogen) atoms. The van der Waals surface area contributed by atoms with Gasteiger partial charge in [-0.05, 0) is 49.4 Å². The summed E-state index contributed by atoms with van der Waals surface area (Å²) in [5.74, 6) is -1.71. The third kappa shape index (κ3) is 4.24. The molecule has 0 aliphatic rings. The quantitative estimate of drug-likeness (QED) is 0.667. The summed E-state index contributed by atoms with van der Waals surface area (Å²) >= 11 is 0. The number of fused-ring (bicyclic) bond motifs is 1. The van der Waals surface area contributed by atoms with Gasteiger partial charge in [0, 0.05) is 23.6 Å². The minimum Gasteiger partial charge on any atom is -0.449 e. The van der Waals surface area contributed by atoms with E-state index in [2.05, 4.69) is 15.3 Å². The molecule has 1 heterocycles. The molecule has 3 aromatic rings. The Bertz CT molecular complexity index is 1020. The minimum atomic E-state index is -1.02. The van der Waals surface area contributed by atoms with E-state index in [0.29, 0.717) is 22.3 Å². The zero-order valence-corrected chi connectivity index (χ0v) is 14.4. The number of carbonyl (C=O) groups excluding carboxylic acids is 3. The molecule has 1 aromatic heterocycles. The summed E-state index contributed by atoms with van der Waals surface area (Å²) in [7, 11) is 0. The highest BCUT2D eigenvalue weighted by Gasteiger charge is 2.19. The number of nitrogens with one attached hydrogen (secondary N) is 1. The molecule has 136 valence electrons. The number of aromatic nitrogens is 2. The fraction of sp³-hybridized carbons (Fsp3) is 0.105. The second-order valence-corrected chi connectivity index (χ2v) is 5.74. The first-order valence-corrected chi connectivity index (χ1v) is 8.06. The van der Waals surface area contributed by atoms with E-state index in [1.54, 1.807) is 24.4 Å². The summed E-state index contributed by atoms with van der Waals surface area (Å²) in [5, 5.41) is 2.60. The summed E-state index contributed by atoms with van der Waals surface area (Å²) in [6.45, 7) is 1.46. The summed E-state index contributed by atoms with van der Waals surface area (Å²) in [4.78, 5) is 43.8. The average Bonchev–Trinajstić information content (AvgIpc) is 2.67. The number of rotatable bonds is 5. The largest absolute Gasteiger partial charge is 0.449 e. The molecular weight excluding hydrogens is 348 g/mol. The summed E-state index contributed by atoms with van der Waals surface area (Å²) in [6.07, 6.45) is 2.06. The van der Waals surface area contributed by atoms with Crippen LogP contribution in [0.1, 0.15) is 27.6 Å². The highest BCUT2D eigenvalue weighted by Crippen LogP contribution is 2.14. The van der Waals surface area contributed by atoms with Crippen molar-refractivity contribution in [3.63, 3.8) is 0 Å². The molecule has 0 fully saturated rings. The molecule has 2 aromatic carbocycles. The number of ether oxygens (including phenoxy) is 1. The number of hydrogen-bond acceptors (Lipinski definition) is 6. The van der Waals surface area contributed by atoms with Gasteiger partial charge >= 0.3 is 5.97 Å². The highest BCUT2D eigenvalue weighted by atomic mass is 16.5. The second kappa shape index (κ2) is 7.61. The molecule has 0 saturated carbocycles. The van der Waals surface area contributed by atoms with Gasteiger partial charge in [-0.3, -0.25) is 19.6 Å². The van der Waals surface area contributed by atoms with Crippen LogP contribution in [0.2, 0.25) is 0 Å². The maximum absolute atomic E-state index is 12.3. The third-order valence-electron chi connectivity index (χ3n) is 3.80. The molecule has 0 bridgehead atoms. The van der Waals surface area contributed by atoms with E-state index in [-0.39, 0.29) is 5.56 Å². The molecule has 8 nitrogen and oxygen atoms in total. The van der Waals surface area contributed by atoms with Crippen molar-refractivity contribution in [1.82, 2.24) is 9.97 Å². The lowest BCUT2D eigenvalue weighted by atomic mass is 10.2. The van der Waals surface area contributed by atoms with Crippen molar-refractivity contribution < 1.29 is 19.1 Å². The summed E-state index contributed by atoms with van der Waals surface area (Å²) < 4.78 is 5.21. The van der Waals surface area contributed by atoms with Gasteiger partial charge in [0.1, 0.15) is 0 Å². The van der Waals surface area contributed by atoms with E-state index in [0.717, 1.165) is 0 Å². The van der Waals surface area contributed by atoms with E-state index >= 15 is 0 Å². The van der Waals surface area contributed by atoms with E-state index in [1.165, 1.54) is 37.4 Å². The van der Waals surface area contributed by atoms with Gasteiger partial charge in [0.15, 0.2) is 6.10 Å². The van der Waals surface area contributed by atoms with E-state index in [9.17, 15) is 14.4 Å². The number of benzene rings is 2. The lowest BCUT2D eigenvalue weighted by Gasteiger charge is -2.14. The number of anilines is 1. The number of nitrogens with two attached hydrogens (primary N) is 1. The SMILES string of the molecule is C[C@@H](OC(=O)c1ccc2nccnc2c1)C(=O)Nc1ccc(C(N)=O)cc1. The molecule has 0 aliphatic heterocycles. The Labute approximate surface area is 154 Å². The molecule has 0 spiro atoms. The van der Waals surface area contributed by atoms with Gasteiger partial charge in [-0.1, -0.05) is 0 Å². The zero-order chi connectivity index (χ0) is 19.4. The predicted octanol–water partition coefficient (Wildman–Crippen LogP) is 1.91. The van der Waals surface area contributed by atoms with Crippen molar-refractivity contribution in [2.45, 2.75) is 13.0 Å². The Morgan fingerprint density at radius 2 is 1.59 bits per heavy atom. The number of hydrogen-bond donors (Lipinski definition) is 2. The molecule has 0 aliphatic carbocycles. The Kier molecular flexibility index (Phi) is 5.07. The van der Waals surface area contributed by atoms with Crippen LogP contribution >= 0.6 is 0 Å². The first-order valence-electron chi connectivity index (χ1n) is 8.06. The average molecular weight is 364 g/mol. The van der Waals surface area contributed by atoms with Gasteiger partial charge in [-0.2, -0.15) is 0 Å². The molecule has 0 unspecified atom stereocenters. The molecule has 3 N–H and O–H groups in total. The van der Waals surface area contributed by atoms with Crippen molar-refractivity contribution in [3.05, 3.63) is 66.0 Å². The number of carbonyl (C=O) groups is 3. The van der Waals surface area contributed by atoms with Crippen molar-refractivity contribution in [2.24, 2.45) is 5.73 Å². The van der Waals surface area contributed by atoms with Crippen LogP contribution in [-0.4, -0.2) is 33.9 Å². The van der Waals surface area contributed by atoms with Crippen molar-refractivity contribution >= 4 is 34.5 Å². The predicted molar refractivity (Wildman–Crippen MR) is 98.0 cm³/mol. The molecule has 0 saturated heterocycles. The zero-order valence-electron chi connectivity index (χ0n) is 14.4. The van der Waals surface area contributed by atoms with Crippen LogP contribution in [0.15, 0.2) is 54.9 Å². The van der Waals surface area contributed by atoms with Crippen LogP contribution in [0.25, 0.3) is 11.0 Å². The minimum absolute atomic E-state index is 0.272. The normalized spacial score (nSPS) is 11.6. The number of amides is 2. The Balaban J connectivity index is 1.64. The van der Waals surface area contributed by atoms with Crippen LogP contribution in [-0.2, 0) is 9.53 Å². The van der Waals surface area contributed by atoms with Crippen LogP contribution in [0.4, 0.5) is 5.69 Å². The number of esters is 1. The van der Waals surface area contributed by atoms with E-state index in [1.807, 2.05) is 0 Å². The fourth-order valence-electron chi connectivity index (χ4n) is 2.33. The molecule has 1 atom stereocenters. The standard InChI is InChI=1S/C19H16N4O4/c1-11(18(25)23-14-5-2-12(3-6-14)17(20)24)27-19(26)13-4-7-15-16(10-13)22-9-8-21-15/h2-11H,1H3,(H2,20,24)(H,23,25)/t11-/m1/s1. The maximum atomic E-state index is 12.3. The molecular formula is C19H16N4O4. The topological polar surface area (TPSA) is 124 Å². The molecule has 0 radical (unpaired) electrons. The van der Waals surface area contributed by atoms with E-state index in [4.69, 9.17) is 10.5 Å². The molecule has 2 amide bonds.